The zero-order chi connectivity index (χ0) is 17.0. The molecule has 5 N–H and O–H groups in total. The van der Waals surface area contributed by atoms with Gasteiger partial charge in [-0.05, 0) is 6.42 Å². The molecule has 0 amide bonds. The molecule has 0 radical (unpaired) electrons. The zero-order valence-electron chi connectivity index (χ0n) is 12.8. The molecule has 0 saturated carbocycles. The van der Waals surface area contributed by atoms with Gasteiger partial charge < -0.3 is 25.8 Å². The molecule has 2 rings (SSSR count). The van der Waals surface area contributed by atoms with Crippen molar-refractivity contribution < 1.29 is 20.1 Å². The number of nitrogens with zero attached hydrogens (tertiary/aromatic N) is 2. The number of unbranched alkanes of at least 4 members (excludes halogenated alkanes) is 2. The molecular weight excluding hydrogens is 302 g/mol. The molecule has 1 aromatic rings. The van der Waals surface area contributed by atoms with Crippen LogP contribution in [0.4, 0.5) is 5.82 Å². The third kappa shape index (κ3) is 3.71. The summed E-state index contributed by atoms with van der Waals surface area (Å²) in [5, 5.41) is 28.9. The molecule has 0 aromatic carbocycles. The van der Waals surface area contributed by atoms with Gasteiger partial charge in [0.05, 0.1) is 12.2 Å². The summed E-state index contributed by atoms with van der Waals surface area (Å²) in [5.74, 6) is 5.79. The Kier molecular flexibility index (Phi) is 5.74. The maximum Gasteiger partial charge on any atom is 0.351 e. The molecule has 0 aliphatic carbocycles. The lowest BCUT2D eigenvalue weighted by Gasteiger charge is -2.17. The van der Waals surface area contributed by atoms with Crippen LogP contribution in [0.15, 0.2) is 11.0 Å². The van der Waals surface area contributed by atoms with Gasteiger partial charge in [0.1, 0.15) is 24.1 Å². The summed E-state index contributed by atoms with van der Waals surface area (Å²) in [4.78, 5) is 15.7. The van der Waals surface area contributed by atoms with Crippen LogP contribution in [0.1, 0.15) is 38.0 Å². The normalized spacial score (nSPS) is 26.8. The largest absolute Gasteiger partial charge is 0.394 e. The third-order valence-corrected chi connectivity index (χ3v) is 3.65. The second-order valence-corrected chi connectivity index (χ2v) is 5.36. The van der Waals surface area contributed by atoms with Crippen molar-refractivity contribution in [3.8, 4) is 11.8 Å². The van der Waals surface area contributed by atoms with Crippen LogP contribution < -0.4 is 11.4 Å². The second-order valence-electron chi connectivity index (χ2n) is 5.36. The number of hydrogen-bond donors (Lipinski definition) is 4. The van der Waals surface area contributed by atoms with Crippen molar-refractivity contribution in [1.82, 2.24) is 9.55 Å². The molecule has 1 aliphatic heterocycles. The average molecular weight is 323 g/mol. The van der Waals surface area contributed by atoms with E-state index in [0.717, 1.165) is 17.4 Å². The number of nitrogens with two attached hydrogens (primary N) is 1. The monoisotopic (exact) mass is 323 g/mol. The second kappa shape index (κ2) is 7.57. The van der Waals surface area contributed by atoms with E-state index in [1.54, 1.807) is 0 Å². The van der Waals surface area contributed by atoms with Crippen LogP contribution in [0.25, 0.3) is 0 Å². The van der Waals surface area contributed by atoms with Crippen LogP contribution in [0.2, 0.25) is 0 Å². The van der Waals surface area contributed by atoms with Crippen LogP contribution in [-0.4, -0.2) is 49.8 Å². The maximum atomic E-state index is 12.0. The van der Waals surface area contributed by atoms with Crippen molar-refractivity contribution in [2.24, 2.45) is 0 Å². The fourth-order valence-electron chi connectivity index (χ4n) is 2.29. The SMILES string of the molecule is CCCCC#Cc1cn([C@@H]2O[C@H](CO)[C@@H](O)[C@H]2O)c(=O)nc1N. The quantitative estimate of drug-likeness (QED) is 0.412. The van der Waals surface area contributed by atoms with Gasteiger partial charge in [0.15, 0.2) is 6.23 Å². The minimum absolute atomic E-state index is 0.00184. The topological polar surface area (TPSA) is 131 Å². The standard InChI is InChI=1S/C15H21N3O5/c1-2-3-4-5-6-9-7-18(15(22)17-13(9)16)14-12(21)11(20)10(8-19)23-14/h7,10-12,14,19-21H,2-4,8H2,1H3,(H2,16,17,22)/t10-,11-,12-,14-/m1/s1. The van der Waals surface area contributed by atoms with E-state index in [2.05, 4.69) is 23.7 Å². The van der Waals surface area contributed by atoms with E-state index in [1.807, 2.05) is 0 Å². The van der Waals surface area contributed by atoms with Crippen molar-refractivity contribution >= 4 is 5.82 Å². The minimum Gasteiger partial charge on any atom is -0.394 e. The Hall–Kier alpha value is -1.92. The molecule has 4 atom stereocenters. The van der Waals surface area contributed by atoms with Crippen molar-refractivity contribution in [3.05, 3.63) is 22.2 Å². The van der Waals surface area contributed by atoms with E-state index in [-0.39, 0.29) is 5.82 Å². The highest BCUT2D eigenvalue weighted by molar-refractivity contribution is 5.48. The maximum absolute atomic E-state index is 12.0. The van der Waals surface area contributed by atoms with Crippen LogP contribution in [0, 0.1) is 11.8 Å². The number of nitrogen functional groups attached to an aromatic ring is 1. The lowest BCUT2D eigenvalue weighted by Crippen LogP contribution is -2.36. The molecule has 1 aliphatic rings. The van der Waals surface area contributed by atoms with Gasteiger partial charge >= 0.3 is 5.69 Å². The van der Waals surface area contributed by atoms with E-state index in [1.165, 1.54) is 6.20 Å². The van der Waals surface area contributed by atoms with Gasteiger partial charge in [0.2, 0.25) is 0 Å². The fraction of sp³-hybridized carbons (Fsp3) is 0.600. The van der Waals surface area contributed by atoms with E-state index in [0.29, 0.717) is 12.0 Å². The molecular formula is C15H21N3O5. The van der Waals surface area contributed by atoms with Crippen molar-refractivity contribution in [2.45, 2.75) is 50.7 Å². The predicted octanol–water partition coefficient (Wildman–Crippen LogP) is -1.02. The number of aromatic nitrogens is 2. The van der Waals surface area contributed by atoms with Gasteiger partial charge in [-0.15, -0.1) is 0 Å². The van der Waals surface area contributed by atoms with E-state index in [4.69, 9.17) is 15.6 Å². The Balaban J connectivity index is 2.32. The lowest BCUT2D eigenvalue weighted by molar-refractivity contribution is -0.0549. The van der Waals surface area contributed by atoms with Gasteiger partial charge in [0, 0.05) is 12.6 Å². The molecule has 0 bridgehead atoms. The molecule has 1 saturated heterocycles. The van der Waals surface area contributed by atoms with Crippen molar-refractivity contribution in [1.29, 1.82) is 0 Å². The Morgan fingerprint density at radius 1 is 1.43 bits per heavy atom. The number of hydrogen-bond acceptors (Lipinski definition) is 7. The number of aliphatic hydroxyl groups excluding tert-OH is 3. The van der Waals surface area contributed by atoms with E-state index in [9.17, 15) is 15.0 Å². The molecule has 8 heteroatoms. The average Bonchev–Trinajstić information content (AvgIpc) is 2.81. The first-order chi connectivity index (χ1) is 11.0. The van der Waals surface area contributed by atoms with Crippen LogP contribution >= 0.6 is 0 Å². The van der Waals surface area contributed by atoms with Crippen molar-refractivity contribution in [2.75, 3.05) is 12.3 Å². The van der Waals surface area contributed by atoms with E-state index < -0.39 is 36.8 Å². The van der Waals surface area contributed by atoms with E-state index >= 15 is 0 Å². The molecule has 0 spiro atoms. The summed E-state index contributed by atoms with van der Waals surface area (Å²) in [6.45, 7) is 1.58. The minimum atomic E-state index is -1.36. The molecule has 23 heavy (non-hydrogen) atoms. The Morgan fingerprint density at radius 2 is 2.17 bits per heavy atom. The van der Waals surface area contributed by atoms with Gasteiger partial charge in [-0.2, -0.15) is 4.98 Å². The summed E-state index contributed by atoms with van der Waals surface area (Å²) in [7, 11) is 0. The highest BCUT2D eigenvalue weighted by Crippen LogP contribution is 2.28. The van der Waals surface area contributed by atoms with Gasteiger partial charge in [-0.25, -0.2) is 4.79 Å². The summed E-state index contributed by atoms with van der Waals surface area (Å²) in [5.41, 5.74) is 5.32. The summed E-state index contributed by atoms with van der Waals surface area (Å²) in [6, 6.07) is 0. The molecule has 1 aromatic heterocycles. The van der Waals surface area contributed by atoms with Crippen LogP contribution in [0.3, 0.4) is 0 Å². The first-order valence-electron chi connectivity index (χ1n) is 7.49. The highest BCUT2D eigenvalue weighted by atomic mass is 16.6. The molecule has 0 unspecified atom stereocenters. The molecule has 8 nitrogen and oxygen atoms in total. The third-order valence-electron chi connectivity index (χ3n) is 3.65. The Bertz CT molecular complexity index is 663. The Labute approximate surface area is 133 Å². The van der Waals surface area contributed by atoms with Crippen molar-refractivity contribution in [3.63, 3.8) is 0 Å². The molecule has 1 fully saturated rings. The predicted molar refractivity (Wildman–Crippen MR) is 82.3 cm³/mol. The highest BCUT2D eigenvalue weighted by Gasteiger charge is 2.43. The smallest absolute Gasteiger partial charge is 0.351 e. The Morgan fingerprint density at radius 3 is 2.78 bits per heavy atom. The zero-order valence-corrected chi connectivity index (χ0v) is 12.8. The van der Waals surface area contributed by atoms with Crippen LogP contribution in [-0.2, 0) is 4.74 Å². The summed E-state index contributed by atoms with van der Waals surface area (Å²) >= 11 is 0. The number of anilines is 1. The van der Waals surface area contributed by atoms with Crippen LogP contribution in [0.5, 0.6) is 0 Å². The van der Waals surface area contributed by atoms with Gasteiger partial charge in [-0.1, -0.05) is 25.2 Å². The number of aliphatic hydroxyl groups is 3. The first kappa shape index (κ1) is 17.4. The lowest BCUT2D eigenvalue weighted by atomic mass is 10.1. The fourth-order valence-corrected chi connectivity index (χ4v) is 2.29. The van der Waals surface area contributed by atoms with Gasteiger partial charge in [0.25, 0.3) is 0 Å². The summed E-state index contributed by atoms with van der Waals surface area (Å²) in [6.07, 6.45) is -0.770. The molecule has 2 heterocycles. The number of ether oxygens (including phenoxy) is 1. The first-order valence-corrected chi connectivity index (χ1v) is 7.49. The molecule has 126 valence electrons. The summed E-state index contributed by atoms with van der Waals surface area (Å²) < 4.78 is 6.36. The number of rotatable bonds is 4. The van der Waals surface area contributed by atoms with Gasteiger partial charge in [-0.3, -0.25) is 4.57 Å².